The molecule has 0 atom stereocenters. The first kappa shape index (κ1) is 17.2. The number of hydrogen-bond donors (Lipinski definition) is 1. The van der Waals surface area contributed by atoms with Crippen LogP contribution in [0.5, 0.6) is 0 Å². The highest BCUT2D eigenvalue weighted by Gasteiger charge is 2.22. The number of carbonyl (C=O) groups is 2. The summed E-state index contributed by atoms with van der Waals surface area (Å²) < 4.78 is 18.4. The van der Waals surface area contributed by atoms with Gasteiger partial charge in [0.15, 0.2) is 0 Å². The average molecular weight is 323 g/mol. The number of para-hydroxylation sites is 1. The van der Waals surface area contributed by atoms with Gasteiger partial charge in [-0.2, -0.15) is 0 Å². The van der Waals surface area contributed by atoms with Crippen LogP contribution < -0.4 is 5.32 Å². The van der Waals surface area contributed by atoms with Crippen LogP contribution in [0, 0.1) is 5.82 Å². The Balaban J connectivity index is 1.70. The molecule has 0 spiro atoms. The molecule has 0 unspecified atom stereocenters. The summed E-state index contributed by atoms with van der Waals surface area (Å²) in [5.41, 5.74) is 0.199. The van der Waals surface area contributed by atoms with E-state index in [4.69, 9.17) is 4.74 Å². The molecule has 23 heavy (non-hydrogen) atoms. The van der Waals surface area contributed by atoms with Gasteiger partial charge in [-0.1, -0.05) is 12.1 Å². The normalized spacial score (nSPS) is 15.3. The van der Waals surface area contributed by atoms with Gasteiger partial charge in [-0.15, -0.1) is 0 Å². The number of piperazine rings is 1. The third-order valence-corrected chi connectivity index (χ3v) is 3.70. The maximum Gasteiger partial charge on any atom is 0.409 e. The minimum Gasteiger partial charge on any atom is -0.450 e. The lowest BCUT2D eigenvalue weighted by Crippen LogP contribution is -2.49. The van der Waals surface area contributed by atoms with E-state index >= 15 is 0 Å². The Morgan fingerprint density at radius 3 is 2.57 bits per heavy atom. The largest absolute Gasteiger partial charge is 0.450 e. The van der Waals surface area contributed by atoms with Gasteiger partial charge < -0.3 is 15.0 Å². The molecular formula is C16H22FN3O3. The Morgan fingerprint density at radius 1 is 1.22 bits per heavy atom. The second-order valence-electron chi connectivity index (χ2n) is 5.31. The van der Waals surface area contributed by atoms with Crippen LogP contribution in [-0.2, 0) is 9.53 Å². The minimum atomic E-state index is -0.441. The van der Waals surface area contributed by atoms with Crippen LogP contribution in [0.1, 0.15) is 13.3 Å². The molecule has 126 valence electrons. The Morgan fingerprint density at radius 2 is 1.91 bits per heavy atom. The number of ether oxygens (including phenoxy) is 1. The first-order valence-corrected chi connectivity index (χ1v) is 7.78. The molecule has 6 nitrogen and oxygen atoms in total. The van der Waals surface area contributed by atoms with Crippen LogP contribution >= 0.6 is 0 Å². The second kappa shape index (κ2) is 8.47. The van der Waals surface area contributed by atoms with Crippen molar-refractivity contribution < 1.29 is 18.7 Å². The molecule has 0 aliphatic carbocycles. The van der Waals surface area contributed by atoms with Gasteiger partial charge in [0.2, 0.25) is 5.91 Å². The van der Waals surface area contributed by atoms with E-state index in [1.165, 1.54) is 12.1 Å². The zero-order valence-corrected chi connectivity index (χ0v) is 13.3. The summed E-state index contributed by atoms with van der Waals surface area (Å²) in [6, 6.07) is 6.09. The number of anilines is 1. The molecule has 2 rings (SSSR count). The van der Waals surface area contributed by atoms with Crippen molar-refractivity contribution in [3.63, 3.8) is 0 Å². The van der Waals surface area contributed by atoms with Crippen molar-refractivity contribution in [2.75, 3.05) is 44.6 Å². The van der Waals surface area contributed by atoms with Gasteiger partial charge in [0, 0.05) is 39.1 Å². The van der Waals surface area contributed by atoms with Crippen LogP contribution in [0.25, 0.3) is 0 Å². The molecule has 1 saturated heterocycles. The predicted molar refractivity (Wildman–Crippen MR) is 84.7 cm³/mol. The lowest BCUT2D eigenvalue weighted by Gasteiger charge is -2.33. The van der Waals surface area contributed by atoms with E-state index in [2.05, 4.69) is 10.2 Å². The van der Waals surface area contributed by atoms with E-state index in [1.54, 1.807) is 24.0 Å². The fourth-order valence-electron chi connectivity index (χ4n) is 2.40. The third-order valence-electron chi connectivity index (χ3n) is 3.70. The van der Waals surface area contributed by atoms with E-state index < -0.39 is 5.82 Å². The third kappa shape index (κ3) is 5.21. The summed E-state index contributed by atoms with van der Waals surface area (Å²) in [6.07, 6.45) is -0.00209. The van der Waals surface area contributed by atoms with Gasteiger partial charge in [0.05, 0.1) is 12.3 Å². The summed E-state index contributed by atoms with van der Waals surface area (Å²) in [4.78, 5) is 27.2. The lowest BCUT2D eigenvalue weighted by atomic mass is 10.2. The van der Waals surface area contributed by atoms with Crippen LogP contribution in [-0.4, -0.2) is 61.1 Å². The molecule has 1 aromatic carbocycles. The van der Waals surface area contributed by atoms with Crippen LogP contribution in [0.4, 0.5) is 14.9 Å². The lowest BCUT2D eigenvalue weighted by molar-refractivity contribution is -0.116. The van der Waals surface area contributed by atoms with Crippen molar-refractivity contribution in [2.24, 2.45) is 0 Å². The highest BCUT2D eigenvalue weighted by Crippen LogP contribution is 2.13. The van der Waals surface area contributed by atoms with Crippen molar-refractivity contribution in [3.8, 4) is 0 Å². The van der Waals surface area contributed by atoms with E-state index in [1.807, 2.05) is 0 Å². The number of hydrogen-bond acceptors (Lipinski definition) is 4. The molecule has 1 aromatic rings. The first-order chi connectivity index (χ1) is 11.1. The van der Waals surface area contributed by atoms with E-state index in [0.717, 1.165) is 0 Å². The molecule has 0 aromatic heterocycles. The van der Waals surface area contributed by atoms with Gasteiger partial charge in [-0.25, -0.2) is 9.18 Å². The number of carbonyl (C=O) groups excluding carboxylic acids is 2. The number of amides is 2. The smallest absolute Gasteiger partial charge is 0.409 e. The van der Waals surface area contributed by atoms with Crippen molar-refractivity contribution >= 4 is 17.7 Å². The number of nitrogens with one attached hydrogen (secondary N) is 1. The molecule has 1 heterocycles. The van der Waals surface area contributed by atoms with Crippen LogP contribution in [0.2, 0.25) is 0 Å². The topological polar surface area (TPSA) is 61.9 Å². The van der Waals surface area contributed by atoms with Gasteiger partial charge in [0.1, 0.15) is 5.82 Å². The minimum absolute atomic E-state index is 0.199. The zero-order valence-electron chi connectivity index (χ0n) is 13.3. The number of nitrogens with zero attached hydrogens (tertiary/aromatic N) is 2. The number of benzene rings is 1. The van der Waals surface area contributed by atoms with Crippen LogP contribution in [0.3, 0.4) is 0 Å². The molecule has 1 fully saturated rings. The Labute approximate surface area is 135 Å². The molecule has 0 bridgehead atoms. The van der Waals surface area contributed by atoms with Crippen molar-refractivity contribution in [3.05, 3.63) is 30.1 Å². The van der Waals surface area contributed by atoms with E-state index in [0.29, 0.717) is 39.3 Å². The van der Waals surface area contributed by atoms with Gasteiger partial charge in [-0.3, -0.25) is 9.69 Å². The SMILES string of the molecule is CCOC(=O)N1CCN(CCC(=O)Nc2ccccc2F)CC1. The summed E-state index contributed by atoms with van der Waals surface area (Å²) >= 11 is 0. The molecule has 2 amide bonds. The number of halogens is 1. The summed E-state index contributed by atoms with van der Waals surface area (Å²) in [5, 5.41) is 2.57. The highest BCUT2D eigenvalue weighted by atomic mass is 19.1. The molecular weight excluding hydrogens is 301 g/mol. The van der Waals surface area contributed by atoms with E-state index in [9.17, 15) is 14.0 Å². The summed E-state index contributed by atoms with van der Waals surface area (Å²) in [5.74, 6) is -0.660. The zero-order chi connectivity index (χ0) is 16.7. The van der Waals surface area contributed by atoms with Gasteiger partial charge in [-0.05, 0) is 19.1 Å². The van der Waals surface area contributed by atoms with Gasteiger partial charge in [0.25, 0.3) is 0 Å². The maximum absolute atomic E-state index is 13.5. The van der Waals surface area contributed by atoms with Crippen LogP contribution in [0.15, 0.2) is 24.3 Å². The highest BCUT2D eigenvalue weighted by molar-refractivity contribution is 5.90. The second-order valence-corrected chi connectivity index (χ2v) is 5.31. The van der Waals surface area contributed by atoms with Crippen molar-refractivity contribution in [1.29, 1.82) is 0 Å². The molecule has 1 aliphatic heterocycles. The molecule has 1 N–H and O–H groups in total. The van der Waals surface area contributed by atoms with E-state index in [-0.39, 0.29) is 24.1 Å². The van der Waals surface area contributed by atoms with Crippen molar-refractivity contribution in [1.82, 2.24) is 9.80 Å². The molecule has 0 radical (unpaired) electrons. The maximum atomic E-state index is 13.5. The quantitative estimate of drug-likeness (QED) is 0.899. The Bertz CT molecular complexity index is 545. The van der Waals surface area contributed by atoms with Gasteiger partial charge >= 0.3 is 6.09 Å². The fraction of sp³-hybridized carbons (Fsp3) is 0.500. The molecule has 0 saturated carbocycles. The average Bonchev–Trinajstić information content (AvgIpc) is 2.56. The summed E-state index contributed by atoms with van der Waals surface area (Å²) in [6.45, 7) is 5.31. The Kier molecular flexibility index (Phi) is 6.34. The predicted octanol–water partition coefficient (Wildman–Crippen LogP) is 1.93. The fourth-order valence-corrected chi connectivity index (χ4v) is 2.40. The molecule has 7 heteroatoms. The summed E-state index contributed by atoms with van der Waals surface area (Å²) in [7, 11) is 0. The number of rotatable bonds is 5. The molecule has 1 aliphatic rings. The first-order valence-electron chi connectivity index (χ1n) is 7.78. The standard InChI is InChI=1S/C16H22FN3O3/c1-2-23-16(22)20-11-9-19(10-12-20)8-7-15(21)18-14-6-4-3-5-13(14)17/h3-6H,2,7-12H2,1H3,(H,18,21). The van der Waals surface area contributed by atoms with Crippen molar-refractivity contribution in [2.45, 2.75) is 13.3 Å². The Hall–Kier alpha value is -2.15. The monoisotopic (exact) mass is 323 g/mol.